The van der Waals surface area contributed by atoms with Gasteiger partial charge in [-0.1, -0.05) is 81.3 Å². The second-order valence-corrected chi connectivity index (χ2v) is 12.2. The maximum atomic E-state index is 14.2. The lowest BCUT2D eigenvalue weighted by atomic mass is 9.73. The molecule has 1 spiro atoms. The highest BCUT2D eigenvalue weighted by Gasteiger charge is 2.72. The fraction of sp³-hybridized carbons (Fsp3) is 0.485. The van der Waals surface area contributed by atoms with Crippen LogP contribution in [0.4, 0.5) is 5.69 Å². The number of rotatable bonds is 7. The van der Waals surface area contributed by atoms with E-state index in [1.54, 1.807) is 4.90 Å². The number of hydrogen-bond donors (Lipinski definition) is 2. The molecule has 3 fully saturated rings. The molecule has 8 atom stereocenters. The molecule has 0 radical (unpaired) electrons. The Kier molecular flexibility index (Phi) is 7.03. The Bertz CT molecular complexity index is 1330. The van der Waals surface area contributed by atoms with Crippen LogP contribution < -0.4 is 10.6 Å². The number of likely N-dealkylation sites (tertiary alicyclic amines) is 1. The Balaban J connectivity index is 1.30. The smallest absolute Gasteiger partial charge is 0.246 e. The summed E-state index contributed by atoms with van der Waals surface area (Å²) in [6, 6.07) is 16.8. The molecule has 3 aliphatic heterocycles. The number of fused-ring (bicyclic) bond motifs is 1. The van der Waals surface area contributed by atoms with Gasteiger partial charge in [-0.05, 0) is 54.9 Å². The molecule has 2 N–H and O–H groups in total. The summed E-state index contributed by atoms with van der Waals surface area (Å²) in [4.78, 5) is 43.7. The fourth-order valence-electron chi connectivity index (χ4n) is 7.40. The number of anilines is 1. The van der Waals surface area contributed by atoms with Crippen LogP contribution in [0, 0.1) is 30.6 Å². The molecule has 3 amide bonds. The minimum Gasteiger partial charge on any atom is -0.359 e. The standard InChI is InChI=1S/C33H39N3O4/c1-20-9-7-13-24(19-20)34-30(37)27-26-15-17-33(40-26)28(27)32(39)36(18-16-23-11-5-4-6-12-23)29(33)31(38)35-25-14-8-10-21(2)22(25)3/h4-7,9,11-13,15,17,19,21-22,25-29H,8,10,14,16,18H2,1-3H3,(H,34,37)(H,35,38)/t21-,22-,25+,26-,27+,28-,29-,33-/m0/s1. The summed E-state index contributed by atoms with van der Waals surface area (Å²) < 4.78 is 6.51. The van der Waals surface area contributed by atoms with E-state index in [-0.39, 0.29) is 23.8 Å². The molecular weight excluding hydrogens is 502 g/mol. The van der Waals surface area contributed by atoms with Gasteiger partial charge in [0, 0.05) is 18.3 Å². The number of carbonyl (C=O) groups excluding carboxylic acids is 3. The Hall–Kier alpha value is -3.45. The third-order valence-electron chi connectivity index (χ3n) is 9.73. The summed E-state index contributed by atoms with van der Waals surface area (Å²) in [6.07, 6.45) is 7.00. The lowest BCUT2D eigenvalue weighted by Crippen LogP contribution is -2.58. The Morgan fingerprint density at radius 1 is 1.05 bits per heavy atom. The summed E-state index contributed by atoms with van der Waals surface area (Å²) >= 11 is 0. The topological polar surface area (TPSA) is 87.7 Å². The fourth-order valence-corrected chi connectivity index (χ4v) is 7.40. The van der Waals surface area contributed by atoms with Gasteiger partial charge >= 0.3 is 0 Å². The van der Waals surface area contributed by atoms with E-state index in [1.807, 2.05) is 73.7 Å². The van der Waals surface area contributed by atoms with Crippen LogP contribution in [0.5, 0.6) is 0 Å². The Labute approximate surface area is 236 Å². The Morgan fingerprint density at radius 3 is 2.62 bits per heavy atom. The third kappa shape index (κ3) is 4.54. The lowest BCUT2D eigenvalue weighted by molar-refractivity contribution is -0.141. The molecule has 2 aromatic carbocycles. The van der Waals surface area contributed by atoms with Crippen molar-refractivity contribution in [2.24, 2.45) is 23.7 Å². The zero-order chi connectivity index (χ0) is 28.0. The average molecular weight is 542 g/mol. The summed E-state index contributed by atoms with van der Waals surface area (Å²) in [5.41, 5.74) is 1.66. The zero-order valence-corrected chi connectivity index (χ0v) is 23.5. The molecule has 3 heterocycles. The first kappa shape index (κ1) is 26.8. The highest BCUT2D eigenvalue weighted by atomic mass is 16.5. The van der Waals surface area contributed by atoms with Gasteiger partial charge in [0.15, 0.2) is 0 Å². The predicted molar refractivity (Wildman–Crippen MR) is 153 cm³/mol. The maximum absolute atomic E-state index is 14.2. The second kappa shape index (κ2) is 10.5. The van der Waals surface area contributed by atoms with Crippen molar-refractivity contribution in [2.75, 3.05) is 11.9 Å². The molecule has 1 aliphatic carbocycles. The molecule has 4 aliphatic rings. The molecule has 6 rings (SSSR count). The van der Waals surface area contributed by atoms with Crippen LogP contribution in [-0.2, 0) is 25.5 Å². The van der Waals surface area contributed by atoms with E-state index in [9.17, 15) is 14.4 Å². The first-order chi connectivity index (χ1) is 19.3. The van der Waals surface area contributed by atoms with Gasteiger partial charge in [0.2, 0.25) is 17.7 Å². The van der Waals surface area contributed by atoms with Crippen molar-refractivity contribution in [3.63, 3.8) is 0 Å². The SMILES string of the molecule is Cc1cccc(NC(=O)[C@@H]2[C@@H]3C=C[C@]4(O3)[C@@H]2C(=O)N(CCc2ccccc2)[C@H]4C(=O)N[C@@H]2CCC[C@H](C)[C@@H]2C)c1. The molecule has 2 aromatic rings. The molecule has 0 unspecified atom stereocenters. The number of hydrogen-bond acceptors (Lipinski definition) is 4. The molecule has 0 aromatic heterocycles. The van der Waals surface area contributed by atoms with Gasteiger partial charge in [-0.25, -0.2) is 0 Å². The quantitative estimate of drug-likeness (QED) is 0.513. The lowest BCUT2D eigenvalue weighted by Gasteiger charge is -2.38. The number of benzene rings is 2. The summed E-state index contributed by atoms with van der Waals surface area (Å²) in [7, 11) is 0. The molecule has 2 bridgehead atoms. The van der Waals surface area contributed by atoms with Crippen LogP contribution in [0.2, 0.25) is 0 Å². The first-order valence-electron chi connectivity index (χ1n) is 14.7. The van der Waals surface area contributed by atoms with Gasteiger partial charge in [-0.15, -0.1) is 0 Å². The van der Waals surface area contributed by atoms with Crippen molar-refractivity contribution in [1.29, 1.82) is 0 Å². The minimum absolute atomic E-state index is 0.0563. The summed E-state index contributed by atoms with van der Waals surface area (Å²) in [6.45, 7) is 6.79. The largest absolute Gasteiger partial charge is 0.359 e. The van der Waals surface area contributed by atoms with Gasteiger partial charge in [0.1, 0.15) is 11.6 Å². The Morgan fingerprint density at radius 2 is 1.85 bits per heavy atom. The number of amides is 3. The van der Waals surface area contributed by atoms with Crippen LogP contribution in [-0.4, -0.2) is 53.0 Å². The summed E-state index contributed by atoms with van der Waals surface area (Å²) in [5.74, 6) is -1.19. The summed E-state index contributed by atoms with van der Waals surface area (Å²) in [5, 5.41) is 6.33. The van der Waals surface area contributed by atoms with Gasteiger partial charge in [0.25, 0.3) is 0 Å². The third-order valence-corrected chi connectivity index (χ3v) is 9.73. The predicted octanol–water partition coefficient (Wildman–Crippen LogP) is 4.27. The monoisotopic (exact) mass is 541 g/mol. The molecular formula is C33H39N3O4. The van der Waals surface area contributed by atoms with Crippen molar-refractivity contribution in [2.45, 2.75) is 70.2 Å². The highest BCUT2D eigenvalue weighted by molar-refractivity contribution is 6.02. The van der Waals surface area contributed by atoms with Gasteiger partial charge < -0.3 is 20.3 Å². The molecule has 7 heteroatoms. The van der Waals surface area contributed by atoms with Crippen LogP contribution in [0.3, 0.4) is 0 Å². The van der Waals surface area contributed by atoms with Crippen molar-refractivity contribution in [3.05, 3.63) is 77.9 Å². The molecule has 7 nitrogen and oxygen atoms in total. The van der Waals surface area contributed by atoms with Crippen LogP contribution in [0.1, 0.15) is 44.2 Å². The maximum Gasteiger partial charge on any atom is 0.246 e. The minimum atomic E-state index is -1.15. The molecule has 2 saturated heterocycles. The zero-order valence-electron chi connectivity index (χ0n) is 23.5. The van der Waals surface area contributed by atoms with E-state index in [0.29, 0.717) is 30.5 Å². The van der Waals surface area contributed by atoms with E-state index >= 15 is 0 Å². The number of nitrogens with zero attached hydrogens (tertiary/aromatic N) is 1. The van der Waals surface area contributed by atoms with Crippen LogP contribution in [0.15, 0.2) is 66.7 Å². The van der Waals surface area contributed by atoms with Gasteiger partial charge in [-0.3, -0.25) is 14.4 Å². The normalized spacial score (nSPS) is 34.1. The molecule has 40 heavy (non-hydrogen) atoms. The van der Waals surface area contributed by atoms with E-state index in [4.69, 9.17) is 4.74 Å². The van der Waals surface area contributed by atoms with Crippen molar-refractivity contribution < 1.29 is 19.1 Å². The van der Waals surface area contributed by atoms with Crippen LogP contribution >= 0.6 is 0 Å². The molecule has 1 saturated carbocycles. The van der Waals surface area contributed by atoms with Crippen molar-refractivity contribution in [3.8, 4) is 0 Å². The van der Waals surface area contributed by atoms with Crippen LogP contribution in [0.25, 0.3) is 0 Å². The number of carbonyl (C=O) groups is 3. The molecule has 210 valence electrons. The number of nitrogens with one attached hydrogen (secondary N) is 2. The first-order valence-corrected chi connectivity index (χ1v) is 14.7. The van der Waals surface area contributed by atoms with Crippen molar-refractivity contribution >= 4 is 23.4 Å². The van der Waals surface area contributed by atoms with Crippen molar-refractivity contribution in [1.82, 2.24) is 10.2 Å². The van der Waals surface area contributed by atoms with E-state index in [0.717, 1.165) is 30.4 Å². The average Bonchev–Trinajstić information content (AvgIpc) is 3.58. The van der Waals surface area contributed by atoms with E-state index < -0.39 is 29.6 Å². The van der Waals surface area contributed by atoms with Gasteiger partial charge in [0.05, 0.1) is 17.9 Å². The number of aryl methyl sites for hydroxylation is 1. The second-order valence-electron chi connectivity index (χ2n) is 12.2. The van der Waals surface area contributed by atoms with E-state index in [2.05, 4.69) is 24.5 Å². The highest BCUT2D eigenvalue weighted by Crippen LogP contribution is 2.55. The number of ether oxygens (including phenoxy) is 1. The van der Waals surface area contributed by atoms with Gasteiger partial charge in [-0.2, -0.15) is 0 Å². The van der Waals surface area contributed by atoms with E-state index in [1.165, 1.54) is 0 Å².